The van der Waals surface area contributed by atoms with Crippen molar-refractivity contribution < 1.29 is 8.42 Å². The lowest BCUT2D eigenvalue weighted by Gasteiger charge is -2.19. The van der Waals surface area contributed by atoms with Crippen LogP contribution in [0.5, 0.6) is 0 Å². The number of aryl methyl sites for hydroxylation is 2. The van der Waals surface area contributed by atoms with Crippen LogP contribution in [0.25, 0.3) is 0 Å². The first-order valence-electron chi connectivity index (χ1n) is 7.66. The molecule has 0 aliphatic carbocycles. The van der Waals surface area contributed by atoms with Crippen LogP contribution in [0.15, 0.2) is 4.99 Å². The Balaban J connectivity index is 2.38. The average molecular weight is 361 g/mol. The molecule has 0 spiro atoms. The van der Waals surface area contributed by atoms with Gasteiger partial charge in [-0.3, -0.25) is 4.99 Å². The number of guanidine groups is 1. The average Bonchev–Trinajstić information content (AvgIpc) is 2.74. The molecule has 0 amide bonds. The smallest absolute Gasteiger partial charge is 0.191 e. The van der Waals surface area contributed by atoms with Crippen molar-refractivity contribution in [1.29, 1.82) is 0 Å². The molecule has 8 heteroatoms. The second kappa shape index (κ2) is 8.10. The molecule has 0 saturated carbocycles. The zero-order chi connectivity index (χ0) is 17.7. The van der Waals surface area contributed by atoms with Crippen LogP contribution in [0.1, 0.15) is 36.3 Å². The summed E-state index contributed by atoms with van der Waals surface area (Å²) in [6.07, 6.45) is 0.820. The largest absolute Gasteiger partial charge is 0.356 e. The number of aliphatic imine (C=N–C) groups is 1. The quantitative estimate of drug-likeness (QED) is 0.596. The lowest BCUT2D eigenvalue weighted by atomic mass is 10.3. The van der Waals surface area contributed by atoms with Crippen molar-refractivity contribution in [2.45, 2.75) is 45.8 Å². The van der Waals surface area contributed by atoms with Crippen molar-refractivity contribution in [3.8, 4) is 0 Å². The number of aromatic nitrogens is 1. The summed E-state index contributed by atoms with van der Waals surface area (Å²) < 4.78 is 23.4. The molecule has 1 rings (SSSR count). The molecule has 6 nitrogen and oxygen atoms in total. The van der Waals surface area contributed by atoms with Crippen LogP contribution in [0.3, 0.4) is 0 Å². The van der Waals surface area contributed by atoms with Crippen LogP contribution >= 0.6 is 11.3 Å². The summed E-state index contributed by atoms with van der Waals surface area (Å²) in [6.45, 7) is 10.3. The highest BCUT2D eigenvalue weighted by atomic mass is 32.2. The topological polar surface area (TPSA) is 83.4 Å². The fourth-order valence-electron chi connectivity index (χ4n) is 1.76. The highest BCUT2D eigenvalue weighted by molar-refractivity contribution is 7.92. The molecule has 0 radical (unpaired) electrons. The van der Waals surface area contributed by atoms with Crippen molar-refractivity contribution in [2.75, 3.05) is 25.9 Å². The van der Waals surface area contributed by atoms with Crippen LogP contribution in [0, 0.1) is 13.8 Å². The van der Waals surface area contributed by atoms with Gasteiger partial charge in [-0.05, 0) is 34.6 Å². The standard InChI is InChI=1S/C15H28N4O2S2/c1-11-12(2)22-13(19-11)7-8-17-14(16-6)18-9-10-23(20,21)15(3,4)5/h7-10H2,1-6H3,(H2,16,17,18). The Kier molecular flexibility index (Phi) is 7.01. The maximum atomic E-state index is 12.0. The van der Waals surface area contributed by atoms with Gasteiger partial charge in [0.1, 0.15) is 0 Å². The van der Waals surface area contributed by atoms with Gasteiger partial charge in [0, 0.05) is 31.4 Å². The first kappa shape index (κ1) is 19.9. The van der Waals surface area contributed by atoms with E-state index >= 15 is 0 Å². The molecule has 1 aromatic heterocycles. The van der Waals surface area contributed by atoms with E-state index in [0.717, 1.165) is 17.1 Å². The predicted molar refractivity (Wildman–Crippen MR) is 98.2 cm³/mol. The fraction of sp³-hybridized carbons (Fsp3) is 0.733. The van der Waals surface area contributed by atoms with Gasteiger partial charge in [0.25, 0.3) is 0 Å². The van der Waals surface area contributed by atoms with Crippen molar-refractivity contribution in [3.05, 3.63) is 15.6 Å². The summed E-state index contributed by atoms with van der Waals surface area (Å²) in [5, 5.41) is 7.32. The minimum Gasteiger partial charge on any atom is -0.356 e. The van der Waals surface area contributed by atoms with Gasteiger partial charge in [0.15, 0.2) is 15.8 Å². The van der Waals surface area contributed by atoms with Gasteiger partial charge in [-0.25, -0.2) is 13.4 Å². The predicted octanol–water partition coefficient (Wildman–Crippen LogP) is 1.68. The molecule has 1 aromatic rings. The lowest BCUT2D eigenvalue weighted by Crippen LogP contribution is -2.42. The third-order valence-corrected chi connectivity index (χ3v) is 7.26. The Bertz CT molecular complexity index is 623. The molecule has 1 heterocycles. The molecule has 0 atom stereocenters. The highest BCUT2D eigenvalue weighted by Gasteiger charge is 2.28. The van der Waals surface area contributed by atoms with E-state index in [1.165, 1.54) is 4.88 Å². The summed E-state index contributed by atoms with van der Waals surface area (Å²) in [4.78, 5) is 9.84. The normalized spacial score (nSPS) is 13.2. The molecule has 132 valence electrons. The number of sulfone groups is 1. The molecule has 0 aromatic carbocycles. The third-order valence-electron chi connectivity index (χ3n) is 3.52. The SMILES string of the molecule is CN=C(NCCc1nc(C)c(C)s1)NCCS(=O)(=O)C(C)(C)C. The maximum absolute atomic E-state index is 12.0. The highest BCUT2D eigenvalue weighted by Crippen LogP contribution is 2.16. The molecular weight excluding hydrogens is 332 g/mol. The van der Waals surface area contributed by atoms with E-state index in [1.54, 1.807) is 39.2 Å². The fourth-order valence-corrected chi connectivity index (χ4v) is 3.68. The lowest BCUT2D eigenvalue weighted by molar-refractivity contribution is 0.559. The molecule has 0 aliphatic rings. The summed E-state index contributed by atoms with van der Waals surface area (Å²) in [5.41, 5.74) is 1.08. The Labute approximate surface area is 143 Å². The van der Waals surface area contributed by atoms with Gasteiger partial charge < -0.3 is 10.6 Å². The van der Waals surface area contributed by atoms with Crippen LogP contribution in [-0.2, 0) is 16.3 Å². The monoisotopic (exact) mass is 360 g/mol. The molecule has 0 fully saturated rings. The Hall–Kier alpha value is -1.15. The Morgan fingerprint density at radius 2 is 1.83 bits per heavy atom. The van der Waals surface area contributed by atoms with Gasteiger partial charge in [0.05, 0.1) is 21.2 Å². The van der Waals surface area contributed by atoms with E-state index in [0.29, 0.717) is 19.0 Å². The van der Waals surface area contributed by atoms with E-state index in [2.05, 4.69) is 27.5 Å². The summed E-state index contributed by atoms with van der Waals surface area (Å²) in [6, 6.07) is 0. The van der Waals surface area contributed by atoms with Gasteiger partial charge in [0.2, 0.25) is 0 Å². The number of hydrogen-bond acceptors (Lipinski definition) is 5. The summed E-state index contributed by atoms with van der Waals surface area (Å²) >= 11 is 1.71. The molecule has 0 unspecified atom stereocenters. The van der Waals surface area contributed by atoms with Crippen molar-refractivity contribution >= 4 is 27.1 Å². The summed E-state index contributed by atoms with van der Waals surface area (Å²) in [7, 11) is -1.45. The van der Waals surface area contributed by atoms with E-state index in [-0.39, 0.29) is 5.75 Å². The number of rotatable bonds is 6. The van der Waals surface area contributed by atoms with E-state index in [9.17, 15) is 8.42 Å². The van der Waals surface area contributed by atoms with Crippen molar-refractivity contribution in [3.63, 3.8) is 0 Å². The Morgan fingerprint density at radius 3 is 2.30 bits per heavy atom. The van der Waals surface area contributed by atoms with Gasteiger partial charge >= 0.3 is 0 Å². The number of hydrogen-bond donors (Lipinski definition) is 2. The number of nitrogens with one attached hydrogen (secondary N) is 2. The van der Waals surface area contributed by atoms with E-state index in [4.69, 9.17) is 0 Å². The van der Waals surface area contributed by atoms with Crippen molar-refractivity contribution in [1.82, 2.24) is 15.6 Å². The van der Waals surface area contributed by atoms with E-state index < -0.39 is 14.6 Å². The van der Waals surface area contributed by atoms with Gasteiger partial charge in [-0.2, -0.15) is 0 Å². The number of thiazole rings is 1. The third kappa shape index (κ3) is 6.10. The number of nitrogens with zero attached hydrogens (tertiary/aromatic N) is 2. The zero-order valence-electron chi connectivity index (χ0n) is 14.9. The second-order valence-electron chi connectivity index (χ2n) is 6.36. The van der Waals surface area contributed by atoms with Crippen molar-refractivity contribution in [2.24, 2.45) is 4.99 Å². The Morgan fingerprint density at radius 1 is 1.22 bits per heavy atom. The first-order chi connectivity index (χ1) is 10.6. The molecule has 0 aliphatic heterocycles. The van der Waals surface area contributed by atoms with Gasteiger partial charge in [-0.15, -0.1) is 11.3 Å². The molecule has 0 saturated heterocycles. The first-order valence-corrected chi connectivity index (χ1v) is 10.1. The van der Waals surface area contributed by atoms with Crippen LogP contribution in [-0.4, -0.2) is 50.0 Å². The molecule has 2 N–H and O–H groups in total. The van der Waals surface area contributed by atoms with Crippen LogP contribution < -0.4 is 10.6 Å². The molecular formula is C15H28N4O2S2. The zero-order valence-corrected chi connectivity index (χ0v) is 16.5. The minimum atomic E-state index is -3.12. The van der Waals surface area contributed by atoms with Crippen LogP contribution in [0.2, 0.25) is 0 Å². The molecule has 23 heavy (non-hydrogen) atoms. The minimum absolute atomic E-state index is 0.0854. The maximum Gasteiger partial charge on any atom is 0.191 e. The van der Waals surface area contributed by atoms with Gasteiger partial charge in [-0.1, -0.05) is 0 Å². The summed E-state index contributed by atoms with van der Waals surface area (Å²) in [5.74, 6) is 0.696. The molecule has 0 bridgehead atoms. The van der Waals surface area contributed by atoms with Crippen LogP contribution in [0.4, 0.5) is 0 Å². The second-order valence-corrected chi connectivity index (χ2v) is 10.5. The van der Waals surface area contributed by atoms with E-state index in [1.807, 2.05) is 6.92 Å².